The van der Waals surface area contributed by atoms with E-state index in [1.807, 2.05) is 13.8 Å². The van der Waals surface area contributed by atoms with Crippen molar-refractivity contribution >= 4 is 21.4 Å². The van der Waals surface area contributed by atoms with E-state index in [0.29, 0.717) is 0 Å². The fraction of sp³-hybridized carbons (Fsp3) is 0.316. The summed E-state index contributed by atoms with van der Waals surface area (Å²) in [4.78, 5) is 12.4. The number of rotatable bonds is 7. The van der Waals surface area contributed by atoms with Crippen LogP contribution in [0.15, 0.2) is 53.4 Å². The summed E-state index contributed by atoms with van der Waals surface area (Å²) in [5.41, 5.74) is 1.13. The van der Waals surface area contributed by atoms with Crippen molar-refractivity contribution in [2.45, 2.75) is 24.8 Å². The van der Waals surface area contributed by atoms with Gasteiger partial charge in [0.1, 0.15) is 5.82 Å². The van der Waals surface area contributed by atoms with Crippen LogP contribution in [0.2, 0.25) is 0 Å². The lowest BCUT2D eigenvalue weighted by atomic mass is 9.96. The Balaban J connectivity index is 2.07. The lowest BCUT2D eigenvalue weighted by molar-refractivity contribution is -0.115. The second kappa shape index (κ2) is 8.42. The number of nitrogens with one attached hydrogen (secondary N) is 2. The summed E-state index contributed by atoms with van der Waals surface area (Å²) in [7, 11) is -3.44. The molecule has 0 aromatic heterocycles. The monoisotopic (exact) mass is 378 g/mol. The van der Waals surface area contributed by atoms with Crippen molar-refractivity contribution in [1.82, 2.24) is 5.32 Å². The van der Waals surface area contributed by atoms with E-state index in [0.717, 1.165) is 11.8 Å². The summed E-state index contributed by atoms with van der Waals surface area (Å²) >= 11 is 0. The van der Waals surface area contributed by atoms with Crippen LogP contribution in [0.5, 0.6) is 0 Å². The maximum Gasteiger partial charge on any atom is 0.238 e. The largest absolute Gasteiger partial charge is 0.324 e. The highest BCUT2D eigenvalue weighted by Crippen LogP contribution is 2.22. The van der Waals surface area contributed by atoms with Gasteiger partial charge < -0.3 is 10.6 Å². The quantitative estimate of drug-likeness (QED) is 0.776. The first-order valence-electron chi connectivity index (χ1n) is 8.26. The average Bonchev–Trinajstić information content (AvgIpc) is 2.56. The molecule has 0 fully saturated rings. The predicted molar refractivity (Wildman–Crippen MR) is 100 cm³/mol. The van der Waals surface area contributed by atoms with Crippen LogP contribution in [0.3, 0.4) is 0 Å². The van der Waals surface area contributed by atoms with E-state index in [1.165, 1.54) is 18.2 Å². The third kappa shape index (κ3) is 5.37. The second-order valence-electron chi connectivity index (χ2n) is 6.47. The van der Waals surface area contributed by atoms with Crippen molar-refractivity contribution in [1.29, 1.82) is 0 Å². The number of hydrogen-bond acceptors (Lipinski definition) is 4. The molecule has 0 aliphatic heterocycles. The molecule has 140 valence electrons. The Bertz CT molecular complexity index is 865. The normalized spacial score (nSPS) is 12.8. The van der Waals surface area contributed by atoms with Crippen LogP contribution in [0, 0.1) is 11.7 Å². The summed E-state index contributed by atoms with van der Waals surface area (Å²) in [6.07, 6.45) is 1.10. The fourth-order valence-electron chi connectivity index (χ4n) is 2.70. The number of carbonyl (C=O) groups is 1. The molecule has 1 atom stereocenters. The number of halogens is 1. The summed E-state index contributed by atoms with van der Waals surface area (Å²) in [6, 6.07) is 12.3. The summed E-state index contributed by atoms with van der Waals surface area (Å²) in [5.74, 6) is -0.489. The molecule has 0 radical (unpaired) electrons. The van der Waals surface area contributed by atoms with E-state index in [1.54, 1.807) is 30.3 Å². The van der Waals surface area contributed by atoms with Crippen LogP contribution >= 0.6 is 0 Å². The van der Waals surface area contributed by atoms with Gasteiger partial charge in [0.2, 0.25) is 5.91 Å². The van der Waals surface area contributed by atoms with Crippen LogP contribution in [-0.2, 0) is 14.6 Å². The number of benzene rings is 2. The van der Waals surface area contributed by atoms with Gasteiger partial charge in [-0.2, -0.15) is 0 Å². The molecule has 1 amide bonds. The van der Waals surface area contributed by atoms with E-state index in [4.69, 9.17) is 0 Å². The number of hydrogen-bond donors (Lipinski definition) is 2. The van der Waals surface area contributed by atoms with Gasteiger partial charge in [-0.15, -0.1) is 0 Å². The first kappa shape index (κ1) is 20.1. The standard InChI is InChI=1S/C19H23FN2O3S/c1-13(2)19(14-8-10-15(20)11-9-14)21-12-18(23)22-16-6-4-5-7-17(16)26(3,24)25/h4-11,13,19,21H,12H2,1-3H3,(H,22,23)/t19-/m0/s1. The van der Waals surface area contributed by atoms with Gasteiger partial charge in [-0.1, -0.05) is 38.1 Å². The maximum absolute atomic E-state index is 13.1. The van der Waals surface area contributed by atoms with Gasteiger partial charge in [-0.05, 0) is 35.7 Å². The maximum atomic E-state index is 13.1. The van der Waals surface area contributed by atoms with Crippen LogP contribution in [0.1, 0.15) is 25.5 Å². The molecule has 0 heterocycles. The minimum absolute atomic E-state index is 0.00167. The predicted octanol–water partition coefficient (Wildman–Crippen LogP) is 3.15. The molecule has 0 bridgehead atoms. The molecule has 5 nitrogen and oxygen atoms in total. The number of anilines is 1. The third-order valence-electron chi connectivity index (χ3n) is 3.94. The lowest BCUT2D eigenvalue weighted by Gasteiger charge is -2.23. The number of para-hydroxylation sites is 1. The van der Waals surface area contributed by atoms with Gasteiger partial charge in [-0.3, -0.25) is 4.79 Å². The van der Waals surface area contributed by atoms with Gasteiger partial charge in [0.05, 0.1) is 17.1 Å². The van der Waals surface area contributed by atoms with E-state index < -0.39 is 9.84 Å². The van der Waals surface area contributed by atoms with Gasteiger partial charge in [-0.25, -0.2) is 12.8 Å². The number of carbonyl (C=O) groups excluding carboxylic acids is 1. The Morgan fingerprint density at radius 2 is 1.69 bits per heavy atom. The van der Waals surface area contributed by atoms with Crippen molar-refractivity contribution < 1.29 is 17.6 Å². The molecule has 26 heavy (non-hydrogen) atoms. The average molecular weight is 378 g/mol. The van der Waals surface area contributed by atoms with Crippen molar-refractivity contribution in [3.05, 3.63) is 59.9 Å². The SMILES string of the molecule is CC(C)[C@H](NCC(=O)Nc1ccccc1S(C)(=O)=O)c1ccc(F)cc1. The molecule has 0 aliphatic carbocycles. The third-order valence-corrected chi connectivity index (χ3v) is 5.09. The highest BCUT2D eigenvalue weighted by atomic mass is 32.2. The molecule has 2 rings (SSSR count). The molecular weight excluding hydrogens is 355 g/mol. The zero-order valence-corrected chi connectivity index (χ0v) is 15.8. The number of sulfone groups is 1. The molecule has 0 saturated carbocycles. The van der Waals surface area contributed by atoms with E-state index in [9.17, 15) is 17.6 Å². The van der Waals surface area contributed by atoms with Gasteiger partial charge in [0.15, 0.2) is 9.84 Å². The van der Waals surface area contributed by atoms with E-state index in [2.05, 4.69) is 10.6 Å². The summed E-state index contributed by atoms with van der Waals surface area (Å²) in [5, 5.41) is 5.78. The number of amides is 1. The van der Waals surface area contributed by atoms with Crippen LogP contribution in [0.25, 0.3) is 0 Å². The van der Waals surface area contributed by atoms with Crippen molar-refractivity contribution in [2.24, 2.45) is 5.92 Å². The Labute approximate surface area is 153 Å². The van der Waals surface area contributed by atoms with Gasteiger partial charge in [0.25, 0.3) is 0 Å². The van der Waals surface area contributed by atoms with E-state index in [-0.39, 0.29) is 40.8 Å². The smallest absolute Gasteiger partial charge is 0.238 e. The molecule has 0 saturated heterocycles. The fourth-order valence-corrected chi connectivity index (χ4v) is 3.54. The van der Waals surface area contributed by atoms with Crippen LogP contribution in [0.4, 0.5) is 10.1 Å². The van der Waals surface area contributed by atoms with Gasteiger partial charge in [0, 0.05) is 12.3 Å². The molecular formula is C19H23FN2O3S. The van der Waals surface area contributed by atoms with Crippen LogP contribution in [-0.4, -0.2) is 27.1 Å². The first-order valence-corrected chi connectivity index (χ1v) is 10.2. The summed E-state index contributed by atoms with van der Waals surface area (Å²) in [6.45, 7) is 3.99. The Hall–Kier alpha value is -2.25. The molecule has 2 aromatic carbocycles. The van der Waals surface area contributed by atoms with Crippen LogP contribution < -0.4 is 10.6 Å². The highest BCUT2D eigenvalue weighted by Gasteiger charge is 2.18. The Morgan fingerprint density at radius 1 is 1.08 bits per heavy atom. The minimum Gasteiger partial charge on any atom is -0.324 e. The first-order chi connectivity index (χ1) is 12.2. The molecule has 0 unspecified atom stereocenters. The van der Waals surface area contributed by atoms with Gasteiger partial charge >= 0.3 is 0 Å². The minimum atomic E-state index is -3.44. The highest BCUT2D eigenvalue weighted by molar-refractivity contribution is 7.90. The topological polar surface area (TPSA) is 75.3 Å². The molecule has 2 N–H and O–H groups in total. The lowest BCUT2D eigenvalue weighted by Crippen LogP contribution is -2.33. The Kier molecular flexibility index (Phi) is 6.50. The second-order valence-corrected chi connectivity index (χ2v) is 8.45. The Morgan fingerprint density at radius 3 is 2.27 bits per heavy atom. The molecule has 0 aliphatic rings. The van der Waals surface area contributed by atoms with Crippen molar-refractivity contribution in [3.8, 4) is 0 Å². The molecule has 0 spiro atoms. The molecule has 2 aromatic rings. The van der Waals surface area contributed by atoms with Crippen molar-refractivity contribution in [2.75, 3.05) is 18.1 Å². The zero-order chi connectivity index (χ0) is 19.3. The summed E-state index contributed by atoms with van der Waals surface area (Å²) < 4.78 is 36.7. The molecule has 7 heteroatoms. The van der Waals surface area contributed by atoms with Crippen molar-refractivity contribution in [3.63, 3.8) is 0 Å². The zero-order valence-electron chi connectivity index (χ0n) is 15.0. The van der Waals surface area contributed by atoms with E-state index >= 15 is 0 Å².